The van der Waals surface area contributed by atoms with Crippen molar-refractivity contribution in [2.45, 2.75) is 65.0 Å². The van der Waals surface area contributed by atoms with Gasteiger partial charge in [0.2, 0.25) is 5.89 Å². The third kappa shape index (κ3) is 4.83. The molecule has 31 heavy (non-hydrogen) atoms. The minimum atomic E-state index is -4.29. The van der Waals surface area contributed by atoms with Crippen LogP contribution in [0.3, 0.4) is 0 Å². The third-order valence-corrected chi connectivity index (χ3v) is 5.80. The fourth-order valence-electron chi connectivity index (χ4n) is 3.86. The average molecular weight is 432 g/mol. The van der Waals surface area contributed by atoms with Crippen molar-refractivity contribution in [1.82, 2.24) is 15.2 Å². The van der Waals surface area contributed by atoms with Crippen molar-refractivity contribution in [3.63, 3.8) is 0 Å². The highest BCUT2D eigenvalue weighted by Gasteiger charge is 2.28. The second-order valence-electron chi connectivity index (χ2n) is 9.47. The van der Waals surface area contributed by atoms with Crippen molar-refractivity contribution >= 4 is 16.6 Å². The maximum atomic E-state index is 12.7. The zero-order valence-corrected chi connectivity index (χ0v) is 18.2. The van der Waals surface area contributed by atoms with Gasteiger partial charge in [-0.25, -0.2) is 4.98 Å². The van der Waals surface area contributed by atoms with Crippen LogP contribution in [-0.4, -0.2) is 27.9 Å². The van der Waals surface area contributed by atoms with Gasteiger partial charge in [0.25, 0.3) is 5.89 Å². The van der Waals surface area contributed by atoms with Gasteiger partial charge in [0.15, 0.2) is 0 Å². The Bertz CT molecular complexity index is 1090. The van der Waals surface area contributed by atoms with E-state index in [1.165, 1.54) is 19.3 Å². The number of halogens is 3. The molecule has 1 aliphatic rings. The minimum absolute atomic E-state index is 0.323. The van der Waals surface area contributed by atoms with Gasteiger partial charge in [-0.1, -0.05) is 27.2 Å². The van der Waals surface area contributed by atoms with Crippen LogP contribution in [0.15, 0.2) is 22.6 Å². The van der Waals surface area contributed by atoms with E-state index < -0.39 is 12.7 Å². The maximum Gasteiger partial charge on any atom is 0.405 e. The normalized spacial score (nSPS) is 15.3. The first-order chi connectivity index (χ1) is 14.5. The van der Waals surface area contributed by atoms with E-state index in [1.807, 2.05) is 33.8 Å². The van der Waals surface area contributed by atoms with E-state index in [9.17, 15) is 13.2 Å². The van der Waals surface area contributed by atoms with E-state index in [-0.39, 0.29) is 5.41 Å². The van der Waals surface area contributed by atoms with Crippen molar-refractivity contribution in [3.05, 3.63) is 35.2 Å². The van der Waals surface area contributed by atoms with E-state index in [2.05, 4.69) is 15.5 Å². The zero-order valence-electron chi connectivity index (χ0n) is 18.2. The van der Waals surface area contributed by atoms with Crippen molar-refractivity contribution in [2.24, 2.45) is 5.92 Å². The summed E-state index contributed by atoms with van der Waals surface area (Å²) in [5.41, 5.74) is 3.16. The lowest BCUT2D eigenvalue weighted by Gasteiger charge is -2.23. The minimum Gasteiger partial charge on any atom is -0.419 e. The van der Waals surface area contributed by atoms with Crippen LogP contribution in [0.25, 0.3) is 22.5 Å². The Hall–Kier alpha value is -2.64. The molecule has 3 aromatic rings. The van der Waals surface area contributed by atoms with E-state index in [1.54, 1.807) is 12.1 Å². The van der Waals surface area contributed by atoms with E-state index in [0.29, 0.717) is 29.1 Å². The molecule has 0 amide bonds. The lowest BCUT2D eigenvalue weighted by atomic mass is 9.83. The molecule has 1 saturated carbocycles. The van der Waals surface area contributed by atoms with Gasteiger partial charge in [0.1, 0.15) is 12.2 Å². The molecule has 4 rings (SSSR count). The lowest BCUT2D eigenvalue weighted by molar-refractivity contribution is -0.115. The zero-order chi connectivity index (χ0) is 22.4. The molecule has 1 N–H and O–H groups in total. The molecule has 2 aromatic heterocycles. The summed E-state index contributed by atoms with van der Waals surface area (Å²) in [4.78, 5) is 4.80. The van der Waals surface area contributed by atoms with Crippen LogP contribution in [0, 0.1) is 12.8 Å². The molecule has 0 unspecified atom stereocenters. The second kappa shape index (κ2) is 7.80. The predicted molar refractivity (Wildman–Crippen MR) is 114 cm³/mol. The maximum absolute atomic E-state index is 12.7. The number of hydrogen-bond donors (Lipinski definition) is 1. The predicted octanol–water partition coefficient (Wildman–Crippen LogP) is 6.21. The topological polar surface area (TPSA) is 63.8 Å². The summed E-state index contributed by atoms with van der Waals surface area (Å²) in [6, 6.07) is 5.32. The molecule has 1 aromatic carbocycles. The summed E-state index contributed by atoms with van der Waals surface area (Å²) >= 11 is 0. The molecule has 0 saturated heterocycles. The second-order valence-corrected chi connectivity index (χ2v) is 9.47. The summed E-state index contributed by atoms with van der Waals surface area (Å²) < 4.78 is 44.0. The van der Waals surface area contributed by atoms with Crippen LogP contribution < -0.4 is 5.32 Å². The fraction of sp³-hybridized carbons (Fsp3) is 0.522. The van der Waals surface area contributed by atoms with Gasteiger partial charge in [0.05, 0.1) is 5.52 Å². The molecule has 0 bridgehead atoms. The van der Waals surface area contributed by atoms with Gasteiger partial charge in [-0.3, -0.25) is 0 Å². The molecule has 0 radical (unpaired) electrons. The number of fused-ring (bicyclic) bond motifs is 1. The molecule has 8 heteroatoms. The number of aryl methyl sites for hydroxylation is 1. The molecule has 1 aliphatic carbocycles. The van der Waals surface area contributed by atoms with Gasteiger partial charge in [-0.2, -0.15) is 13.2 Å². The molecular weight excluding hydrogens is 405 g/mol. The van der Waals surface area contributed by atoms with Crippen LogP contribution in [0.1, 0.15) is 57.1 Å². The molecule has 5 nitrogen and oxygen atoms in total. The van der Waals surface area contributed by atoms with Gasteiger partial charge in [-0.05, 0) is 60.4 Å². The quantitative estimate of drug-likeness (QED) is 0.519. The Morgan fingerprint density at radius 3 is 2.45 bits per heavy atom. The van der Waals surface area contributed by atoms with Crippen molar-refractivity contribution in [1.29, 1.82) is 0 Å². The molecule has 1 fully saturated rings. The highest BCUT2D eigenvalue weighted by Crippen LogP contribution is 2.36. The summed E-state index contributed by atoms with van der Waals surface area (Å²) in [7, 11) is 0. The first-order valence-corrected chi connectivity index (χ1v) is 10.6. The van der Waals surface area contributed by atoms with Crippen LogP contribution in [-0.2, 0) is 11.8 Å². The summed E-state index contributed by atoms with van der Waals surface area (Å²) in [5.74, 6) is 1.62. The van der Waals surface area contributed by atoms with Crippen LogP contribution >= 0.6 is 0 Å². The Balaban J connectivity index is 1.74. The fourth-order valence-corrected chi connectivity index (χ4v) is 3.86. The molecule has 2 heterocycles. The Labute approximate surface area is 179 Å². The van der Waals surface area contributed by atoms with Gasteiger partial charge in [-0.15, -0.1) is 10.2 Å². The average Bonchev–Trinajstić information content (AvgIpc) is 3.10. The van der Waals surface area contributed by atoms with Gasteiger partial charge in [0, 0.05) is 17.5 Å². The number of aromatic nitrogens is 3. The summed E-state index contributed by atoms with van der Waals surface area (Å²) in [6.45, 7) is 6.88. The Kier molecular flexibility index (Phi) is 5.43. The van der Waals surface area contributed by atoms with Crippen LogP contribution in [0.5, 0.6) is 0 Å². The number of alkyl halides is 3. The number of hydrogen-bond acceptors (Lipinski definition) is 5. The van der Waals surface area contributed by atoms with E-state index in [4.69, 9.17) is 9.40 Å². The first kappa shape index (κ1) is 21.6. The van der Waals surface area contributed by atoms with Crippen molar-refractivity contribution in [3.8, 4) is 11.6 Å². The number of nitrogens with one attached hydrogen (secondary N) is 1. The molecular formula is C23H27F3N4O. The lowest BCUT2D eigenvalue weighted by Crippen LogP contribution is -2.22. The smallest absolute Gasteiger partial charge is 0.405 e. The number of benzene rings is 1. The van der Waals surface area contributed by atoms with Crippen molar-refractivity contribution in [2.75, 3.05) is 11.9 Å². The van der Waals surface area contributed by atoms with Gasteiger partial charge < -0.3 is 9.73 Å². The molecule has 166 valence electrons. The monoisotopic (exact) mass is 432 g/mol. The Morgan fingerprint density at radius 1 is 1.10 bits per heavy atom. The number of anilines is 1. The largest absolute Gasteiger partial charge is 0.419 e. The SMILES string of the molecule is Cc1cc(-c2nnc(CC3CCC3)o2)nc2c(C(C)(C)C)cc(NCC(F)(F)F)cc12. The number of rotatable bonds is 5. The third-order valence-electron chi connectivity index (χ3n) is 5.80. The van der Waals surface area contributed by atoms with Gasteiger partial charge >= 0.3 is 6.18 Å². The highest BCUT2D eigenvalue weighted by molar-refractivity contribution is 5.90. The van der Waals surface area contributed by atoms with Crippen LogP contribution in [0.4, 0.5) is 18.9 Å². The molecule has 0 aliphatic heterocycles. The summed E-state index contributed by atoms with van der Waals surface area (Å²) in [6.07, 6.45) is 0.159. The Morgan fingerprint density at radius 2 is 1.84 bits per heavy atom. The van der Waals surface area contributed by atoms with Crippen molar-refractivity contribution < 1.29 is 17.6 Å². The molecule has 0 atom stereocenters. The standard InChI is InChI=1S/C23H27F3N4O/c1-13-8-18(21-30-29-19(31-21)9-14-6-5-7-14)28-20-16(13)10-15(27-12-23(24,25)26)11-17(20)22(2,3)4/h8,10-11,14,27H,5-7,9,12H2,1-4H3. The number of pyridine rings is 1. The highest BCUT2D eigenvalue weighted by atomic mass is 19.4. The number of nitrogens with zero attached hydrogens (tertiary/aromatic N) is 3. The molecule has 0 spiro atoms. The van der Waals surface area contributed by atoms with E-state index >= 15 is 0 Å². The summed E-state index contributed by atoms with van der Waals surface area (Å²) in [5, 5.41) is 11.7. The van der Waals surface area contributed by atoms with Crippen LogP contribution in [0.2, 0.25) is 0 Å². The first-order valence-electron chi connectivity index (χ1n) is 10.6. The van der Waals surface area contributed by atoms with E-state index in [0.717, 1.165) is 28.5 Å².